The third kappa shape index (κ3) is 5.37. The number of carbonyl (C=O) groups excluding carboxylic acids is 1. The number of carbonyl (C=O) groups is 2. The molecule has 2 amide bonds. The minimum Gasteiger partial charge on any atom is -0.476 e. The van der Waals surface area contributed by atoms with Gasteiger partial charge in [-0.25, -0.2) is 23.1 Å². The number of hydrogen-bond acceptors (Lipinski definition) is 5. The van der Waals surface area contributed by atoms with Gasteiger partial charge in [0.25, 0.3) is 0 Å². The Bertz CT molecular complexity index is 1250. The normalized spacial score (nSPS) is 17.8. The Kier molecular flexibility index (Phi) is 7.61. The second-order valence-electron chi connectivity index (χ2n) is 8.61. The van der Waals surface area contributed by atoms with Gasteiger partial charge in [-0.15, -0.1) is 0 Å². The number of nitrogens with one attached hydrogen (secondary N) is 2. The van der Waals surface area contributed by atoms with Crippen molar-refractivity contribution in [3.8, 4) is 5.69 Å². The van der Waals surface area contributed by atoms with E-state index in [1.54, 1.807) is 38.3 Å². The van der Waals surface area contributed by atoms with E-state index >= 15 is 0 Å². The number of urea groups is 1. The van der Waals surface area contributed by atoms with Crippen molar-refractivity contribution in [1.82, 2.24) is 20.0 Å². The van der Waals surface area contributed by atoms with E-state index in [0.29, 0.717) is 43.1 Å². The number of rotatable bonds is 8. The topological polar surface area (TPSA) is 109 Å². The Hall–Kier alpha value is -3.83. The number of aromatic nitrogens is 2. The highest BCUT2D eigenvalue weighted by molar-refractivity contribution is 5.94. The van der Waals surface area contributed by atoms with Crippen molar-refractivity contribution in [2.45, 2.75) is 18.9 Å². The van der Waals surface area contributed by atoms with E-state index in [-0.39, 0.29) is 17.4 Å². The lowest BCUT2D eigenvalue weighted by Gasteiger charge is -2.21. The summed E-state index contributed by atoms with van der Waals surface area (Å²) in [6.07, 6.45) is 0. The highest BCUT2D eigenvalue weighted by atomic mass is 19.2. The molecule has 0 aliphatic carbocycles. The van der Waals surface area contributed by atoms with Crippen LogP contribution in [0.1, 0.15) is 27.5 Å². The molecule has 1 aliphatic rings. The number of amides is 2. The van der Waals surface area contributed by atoms with Crippen LogP contribution < -0.4 is 10.6 Å². The van der Waals surface area contributed by atoms with Gasteiger partial charge in [-0.3, -0.25) is 10.2 Å². The minimum absolute atomic E-state index is 0.180. The van der Waals surface area contributed by atoms with Gasteiger partial charge < -0.3 is 15.2 Å². The van der Waals surface area contributed by atoms with Crippen molar-refractivity contribution in [3.63, 3.8) is 0 Å². The summed E-state index contributed by atoms with van der Waals surface area (Å²) in [5.41, 5.74) is 1.26. The molecule has 0 radical (unpaired) electrons. The van der Waals surface area contributed by atoms with E-state index in [2.05, 4.69) is 20.6 Å². The van der Waals surface area contributed by atoms with Gasteiger partial charge in [0.05, 0.1) is 18.3 Å². The minimum atomic E-state index is -1.21. The average Bonchev–Trinajstić information content (AvgIpc) is 3.41. The summed E-state index contributed by atoms with van der Waals surface area (Å²) in [4.78, 5) is 26.9. The standard InChI is InChI=1S/C25H27F2N5O4/c1-15-22(24(33)34)30-32(17-6-4-3-5-7-17)23(15)29-25(35)28-21-14-31(10-11-36-2)13-18(21)16-8-9-19(26)20(27)12-16/h3-9,12,18,21H,10-11,13-14H2,1-2H3,(H,33,34)(H2,28,29,35). The van der Waals surface area contributed by atoms with Crippen LogP contribution in [-0.4, -0.2) is 71.2 Å². The highest BCUT2D eigenvalue weighted by Gasteiger charge is 2.35. The summed E-state index contributed by atoms with van der Waals surface area (Å²) in [6.45, 7) is 3.65. The number of benzene rings is 2. The first-order valence-electron chi connectivity index (χ1n) is 11.4. The van der Waals surface area contributed by atoms with E-state index in [4.69, 9.17) is 4.74 Å². The van der Waals surface area contributed by atoms with E-state index in [9.17, 15) is 23.5 Å². The van der Waals surface area contributed by atoms with Crippen molar-refractivity contribution in [3.05, 3.63) is 77.0 Å². The van der Waals surface area contributed by atoms with E-state index in [1.165, 1.54) is 10.7 Å². The maximum atomic E-state index is 14.0. The molecule has 0 bridgehead atoms. The lowest BCUT2D eigenvalue weighted by molar-refractivity contribution is 0.0689. The van der Waals surface area contributed by atoms with Gasteiger partial charge in [0.1, 0.15) is 5.82 Å². The summed E-state index contributed by atoms with van der Waals surface area (Å²) >= 11 is 0. The number of para-hydroxylation sites is 1. The number of nitrogens with zero attached hydrogens (tertiary/aromatic N) is 3. The first kappa shape index (κ1) is 25.3. The molecule has 0 saturated carbocycles. The van der Waals surface area contributed by atoms with Crippen LogP contribution in [0.4, 0.5) is 19.4 Å². The molecule has 2 heterocycles. The van der Waals surface area contributed by atoms with E-state index in [0.717, 1.165) is 12.1 Å². The summed E-state index contributed by atoms with van der Waals surface area (Å²) < 4.78 is 34.0. The molecule has 4 rings (SSSR count). The Balaban J connectivity index is 1.58. The number of aromatic carboxylic acids is 1. The molecule has 0 spiro atoms. The zero-order valence-electron chi connectivity index (χ0n) is 19.9. The van der Waals surface area contributed by atoms with Crippen molar-refractivity contribution in [2.75, 3.05) is 38.7 Å². The first-order valence-corrected chi connectivity index (χ1v) is 11.4. The van der Waals surface area contributed by atoms with Crippen molar-refractivity contribution < 1.29 is 28.2 Å². The van der Waals surface area contributed by atoms with Crippen molar-refractivity contribution in [2.24, 2.45) is 0 Å². The van der Waals surface area contributed by atoms with Crippen molar-refractivity contribution in [1.29, 1.82) is 0 Å². The predicted octanol–water partition coefficient (Wildman–Crippen LogP) is 3.39. The van der Waals surface area contributed by atoms with Crippen LogP contribution in [0.5, 0.6) is 0 Å². The summed E-state index contributed by atoms with van der Waals surface area (Å²) in [5.74, 6) is -3.18. The maximum Gasteiger partial charge on any atom is 0.356 e. The van der Waals surface area contributed by atoms with Crippen LogP contribution in [-0.2, 0) is 4.74 Å². The maximum absolute atomic E-state index is 14.0. The van der Waals surface area contributed by atoms with E-state index < -0.39 is 29.7 Å². The molecule has 9 nitrogen and oxygen atoms in total. The van der Waals surface area contributed by atoms with Crippen LogP contribution in [0.3, 0.4) is 0 Å². The number of carboxylic acid groups (broad SMARTS) is 1. The van der Waals surface area contributed by atoms with Gasteiger partial charge in [0.2, 0.25) is 0 Å². The first-order chi connectivity index (χ1) is 17.3. The molecule has 1 saturated heterocycles. The molecular weight excluding hydrogens is 472 g/mol. The number of carboxylic acids is 1. The van der Waals surface area contributed by atoms with Gasteiger partial charge in [0.15, 0.2) is 17.3 Å². The molecule has 190 valence electrons. The number of halogens is 2. The zero-order valence-corrected chi connectivity index (χ0v) is 19.9. The Labute approximate surface area is 206 Å². The van der Waals surface area contributed by atoms with E-state index in [1.807, 2.05) is 6.07 Å². The summed E-state index contributed by atoms with van der Waals surface area (Å²) in [5, 5.41) is 19.4. The second kappa shape index (κ2) is 10.8. The van der Waals surface area contributed by atoms with Gasteiger partial charge in [-0.05, 0) is 36.8 Å². The Morgan fingerprint density at radius 1 is 1.14 bits per heavy atom. The predicted molar refractivity (Wildman–Crippen MR) is 129 cm³/mol. The SMILES string of the molecule is COCCN1CC(NC(=O)Nc2c(C)c(C(=O)O)nn2-c2ccccc2)C(c2ccc(F)c(F)c2)C1. The summed E-state index contributed by atoms with van der Waals surface area (Å²) in [6, 6.07) is 11.6. The fraction of sp³-hybridized carbons (Fsp3) is 0.320. The number of likely N-dealkylation sites (tertiary alicyclic amines) is 1. The zero-order chi connectivity index (χ0) is 25.8. The lowest BCUT2D eigenvalue weighted by atomic mass is 9.94. The third-order valence-electron chi connectivity index (χ3n) is 6.25. The largest absolute Gasteiger partial charge is 0.476 e. The van der Waals surface area contributed by atoms with Gasteiger partial charge in [0, 0.05) is 38.2 Å². The molecule has 1 aromatic heterocycles. The van der Waals surface area contributed by atoms with Crippen LogP contribution in [0, 0.1) is 18.6 Å². The molecule has 3 N–H and O–H groups in total. The second-order valence-corrected chi connectivity index (χ2v) is 8.61. The quantitative estimate of drug-likeness (QED) is 0.439. The molecule has 11 heteroatoms. The molecule has 2 atom stereocenters. The molecule has 36 heavy (non-hydrogen) atoms. The third-order valence-corrected chi connectivity index (χ3v) is 6.25. The Morgan fingerprint density at radius 3 is 2.56 bits per heavy atom. The fourth-order valence-electron chi connectivity index (χ4n) is 4.43. The molecular formula is C25H27F2N5O4. The monoisotopic (exact) mass is 499 g/mol. The van der Waals surface area contributed by atoms with Crippen LogP contribution in [0.2, 0.25) is 0 Å². The van der Waals surface area contributed by atoms with Crippen molar-refractivity contribution >= 4 is 17.8 Å². The molecule has 2 unspecified atom stereocenters. The number of anilines is 1. The number of ether oxygens (including phenoxy) is 1. The molecule has 3 aromatic rings. The highest BCUT2D eigenvalue weighted by Crippen LogP contribution is 2.29. The average molecular weight is 500 g/mol. The smallest absolute Gasteiger partial charge is 0.356 e. The summed E-state index contributed by atoms with van der Waals surface area (Å²) in [7, 11) is 1.59. The Morgan fingerprint density at radius 2 is 1.89 bits per heavy atom. The number of hydrogen-bond donors (Lipinski definition) is 3. The number of methoxy groups -OCH3 is 1. The van der Waals surface area contributed by atoms with Crippen LogP contribution >= 0.6 is 0 Å². The fourth-order valence-corrected chi connectivity index (χ4v) is 4.43. The van der Waals surface area contributed by atoms with Crippen LogP contribution in [0.15, 0.2) is 48.5 Å². The van der Waals surface area contributed by atoms with Gasteiger partial charge >= 0.3 is 12.0 Å². The molecule has 1 fully saturated rings. The van der Waals surface area contributed by atoms with Crippen LogP contribution in [0.25, 0.3) is 5.69 Å². The lowest BCUT2D eigenvalue weighted by Crippen LogP contribution is -2.42. The molecule has 1 aliphatic heterocycles. The van der Waals surface area contributed by atoms with Gasteiger partial charge in [-0.2, -0.15) is 5.10 Å². The molecule has 2 aromatic carbocycles. The van der Waals surface area contributed by atoms with Gasteiger partial charge in [-0.1, -0.05) is 24.3 Å².